The lowest BCUT2D eigenvalue weighted by Gasteiger charge is -2.33. The van der Waals surface area contributed by atoms with Gasteiger partial charge in [0.15, 0.2) is 0 Å². The number of carbonyl (C=O) groups is 1. The number of nitro groups is 1. The molecular formula is C19H19F3N2O6S. The van der Waals surface area contributed by atoms with Gasteiger partial charge >= 0.3 is 12.1 Å². The highest BCUT2D eigenvalue weighted by atomic mass is 32.2. The van der Waals surface area contributed by atoms with Crippen LogP contribution >= 0.6 is 0 Å². The van der Waals surface area contributed by atoms with Crippen molar-refractivity contribution in [2.75, 3.05) is 18.3 Å². The smallest absolute Gasteiger partial charge is 0.356 e. The second-order valence-electron chi connectivity index (χ2n) is 6.72. The van der Waals surface area contributed by atoms with Crippen molar-refractivity contribution in [3.8, 4) is 0 Å². The van der Waals surface area contributed by atoms with Gasteiger partial charge in [0.1, 0.15) is 0 Å². The number of nitrogens with one attached hydrogen (secondary N) is 1. The molecule has 31 heavy (non-hydrogen) atoms. The SMILES string of the molecule is COC(C(=O)Nc1cc(C)c(S(=O)(=O)C[N+](=O)[O-])c(C)c1)(c1ccccc1)C(F)(F)F. The van der Waals surface area contributed by atoms with Gasteiger partial charge in [-0.2, -0.15) is 13.2 Å². The first-order chi connectivity index (χ1) is 14.3. The van der Waals surface area contributed by atoms with E-state index in [9.17, 15) is 36.5 Å². The van der Waals surface area contributed by atoms with Crippen molar-refractivity contribution in [3.63, 3.8) is 0 Å². The highest BCUT2D eigenvalue weighted by molar-refractivity contribution is 7.91. The van der Waals surface area contributed by atoms with Crippen molar-refractivity contribution in [3.05, 3.63) is 69.3 Å². The molecule has 1 unspecified atom stereocenters. The number of hydrogen-bond donors (Lipinski definition) is 1. The molecule has 0 bridgehead atoms. The molecule has 0 saturated carbocycles. The number of anilines is 1. The molecule has 1 N–H and O–H groups in total. The zero-order chi connectivity index (χ0) is 23.6. The highest BCUT2D eigenvalue weighted by Crippen LogP contribution is 2.43. The molecule has 0 fully saturated rings. The molecule has 0 saturated heterocycles. The Kier molecular flexibility index (Phi) is 6.76. The summed E-state index contributed by atoms with van der Waals surface area (Å²) in [6.07, 6.45) is -5.12. The third-order valence-electron chi connectivity index (χ3n) is 4.51. The van der Waals surface area contributed by atoms with E-state index in [1.54, 1.807) is 0 Å². The van der Waals surface area contributed by atoms with Crippen molar-refractivity contribution in [1.29, 1.82) is 0 Å². The van der Waals surface area contributed by atoms with E-state index < -0.39 is 43.9 Å². The van der Waals surface area contributed by atoms with Gasteiger partial charge in [-0.3, -0.25) is 14.9 Å². The first-order valence-electron chi connectivity index (χ1n) is 8.71. The van der Waals surface area contributed by atoms with Gasteiger partial charge in [-0.05, 0) is 37.1 Å². The monoisotopic (exact) mass is 460 g/mol. The Bertz CT molecular complexity index is 1080. The number of hydrogen-bond acceptors (Lipinski definition) is 6. The Balaban J connectivity index is 2.52. The van der Waals surface area contributed by atoms with E-state index in [1.165, 1.54) is 32.0 Å². The Morgan fingerprint density at radius 2 is 1.65 bits per heavy atom. The van der Waals surface area contributed by atoms with Crippen molar-refractivity contribution in [1.82, 2.24) is 0 Å². The molecular weight excluding hydrogens is 441 g/mol. The van der Waals surface area contributed by atoms with Crippen LogP contribution in [0, 0.1) is 24.0 Å². The van der Waals surface area contributed by atoms with E-state index in [4.69, 9.17) is 4.74 Å². The molecule has 1 amide bonds. The molecule has 0 aliphatic rings. The van der Waals surface area contributed by atoms with Crippen LogP contribution in [-0.2, 0) is 25.0 Å². The fourth-order valence-corrected chi connectivity index (χ4v) is 4.86. The van der Waals surface area contributed by atoms with Gasteiger partial charge in [0.25, 0.3) is 11.5 Å². The van der Waals surface area contributed by atoms with Gasteiger partial charge in [-0.15, -0.1) is 0 Å². The Labute approximate surface area is 176 Å². The number of aryl methyl sites for hydroxylation is 2. The molecule has 1 atom stereocenters. The number of halogens is 3. The summed E-state index contributed by atoms with van der Waals surface area (Å²) in [5.74, 6) is -2.87. The minimum atomic E-state index is -5.12. The topological polar surface area (TPSA) is 116 Å². The Hall–Kier alpha value is -2.99. The number of amides is 1. The minimum Gasteiger partial charge on any atom is -0.356 e. The summed E-state index contributed by atoms with van der Waals surface area (Å²) in [7, 11) is -3.53. The maximum atomic E-state index is 14.0. The molecule has 0 spiro atoms. The zero-order valence-electron chi connectivity index (χ0n) is 16.7. The van der Waals surface area contributed by atoms with Gasteiger partial charge in [0.05, 0.1) is 4.90 Å². The largest absolute Gasteiger partial charge is 0.430 e. The molecule has 8 nitrogen and oxygen atoms in total. The molecule has 0 heterocycles. The fourth-order valence-electron chi connectivity index (χ4n) is 3.36. The lowest BCUT2D eigenvalue weighted by molar-refractivity contribution is -0.458. The molecule has 0 aliphatic carbocycles. The van der Waals surface area contributed by atoms with Crippen LogP contribution < -0.4 is 5.32 Å². The maximum absolute atomic E-state index is 14.0. The maximum Gasteiger partial charge on any atom is 0.430 e. The molecule has 2 rings (SSSR count). The first kappa shape index (κ1) is 24.3. The average molecular weight is 460 g/mol. The predicted molar refractivity (Wildman–Crippen MR) is 105 cm³/mol. The van der Waals surface area contributed by atoms with E-state index in [2.05, 4.69) is 5.32 Å². The van der Waals surface area contributed by atoms with Crippen molar-refractivity contribution in [2.24, 2.45) is 0 Å². The molecule has 168 valence electrons. The number of benzene rings is 2. The summed E-state index contributed by atoms with van der Waals surface area (Å²) in [5, 5.41) is 12.8. The second-order valence-corrected chi connectivity index (χ2v) is 8.61. The Morgan fingerprint density at radius 3 is 2.06 bits per heavy atom. The fraction of sp³-hybridized carbons (Fsp3) is 0.316. The van der Waals surface area contributed by atoms with Gasteiger partial charge in [0, 0.05) is 23.3 Å². The predicted octanol–water partition coefficient (Wildman–Crippen LogP) is 3.35. The summed E-state index contributed by atoms with van der Waals surface area (Å²) in [5.41, 5.74) is -3.81. The average Bonchev–Trinajstić information content (AvgIpc) is 2.60. The van der Waals surface area contributed by atoms with Crippen molar-refractivity contribution >= 4 is 21.4 Å². The van der Waals surface area contributed by atoms with Gasteiger partial charge < -0.3 is 10.1 Å². The Morgan fingerprint density at radius 1 is 1.13 bits per heavy atom. The number of alkyl halides is 3. The number of nitrogens with zero attached hydrogens (tertiary/aromatic N) is 1. The number of carbonyl (C=O) groups excluding carboxylic acids is 1. The van der Waals surface area contributed by atoms with E-state index in [-0.39, 0.29) is 21.7 Å². The van der Waals surface area contributed by atoms with Crippen LogP contribution in [0.1, 0.15) is 16.7 Å². The standard InChI is InChI=1S/C19H19F3N2O6S/c1-12-9-15(10-13(2)16(12)31(28,29)11-24(26)27)23-17(25)18(30-3,19(20,21)22)14-7-5-4-6-8-14/h4-10H,11H2,1-3H3,(H,23,25). The summed E-state index contributed by atoms with van der Waals surface area (Å²) < 4.78 is 71.1. The lowest BCUT2D eigenvalue weighted by Crippen LogP contribution is -2.53. The lowest BCUT2D eigenvalue weighted by atomic mass is 9.91. The van der Waals surface area contributed by atoms with Gasteiger partial charge in [-0.1, -0.05) is 30.3 Å². The normalized spacial score (nSPS) is 14.0. The van der Waals surface area contributed by atoms with E-state index in [1.807, 2.05) is 0 Å². The number of sulfone groups is 1. The van der Waals surface area contributed by atoms with Crippen LogP contribution in [-0.4, -0.2) is 38.4 Å². The highest BCUT2D eigenvalue weighted by Gasteiger charge is 2.62. The first-order valence-corrected chi connectivity index (χ1v) is 10.4. The molecule has 0 aromatic heterocycles. The summed E-state index contributed by atoms with van der Waals surface area (Å²) in [4.78, 5) is 22.1. The minimum absolute atomic E-state index is 0.0342. The number of rotatable bonds is 7. The van der Waals surface area contributed by atoms with E-state index in [0.29, 0.717) is 0 Å². The second kappa shape index (κ2) is 8.63. The zero-order valence-corrected chi connectivity index (χ0v) is 17.5. The van der Waals surface area contributed by atoms with E-state index >= 15 is 0 Å². The molecule has 12 heteroatoms. The molecule has 2 aromatic rings. The molecule has 0 radical (unpaired) electrons. The van der Waals surface area contributed by atoms with Crippen molar-refractivity contribution in [2.45, 2.75) is 30.5 Å². The summed E-state index contributed by atoms with van der Waals surface area (Å²) in [6.45, 7) is 2.64. The van der Waals surface area contributed by atoms with Crippen LogP contribution in [0.4, 0.5) is 18.9 Å². The van der Waals surface area contributed by atoms with Crippen LogP contribution in [0.2, 0.25) is 0 Å². The van der Waals surface area contributed by atoms with Crippen LogP contribution in [0.25, 0.3) is 0 Å². The number of methoxy groups -OCH3 is 1. The van der Waals surface area contributed by atoms with E-state index in [0.717, 1.165) is 31.4 Å². The quantitative estimate of drug-likeness (QED) is 0.500. The van der Waals surface area contributed by atoms with Crippen LogP contribution in [0.5, 0.6) is 0 Å². The molecule has 2 aromatic carbocycles. The van der Waals surface area contributed by atoms with Crippen molar-refractivity contribution < 1.29 is 36.0 Å². The van der Waals surface area contributed by atoms with Gasteiger partial charge in [-0.25, -0.2) is 8.42 Å². The third-order valence-corrected chi connectivity index (χ3v) is 6.33. The molecule has 0 aliphatic heterocycles. The summed E-state index contributed by atoms with van der Waals surface area (Å²) >= 11 is 0. The van der Waals surface area contributed by atoms with Crippen LogP contribution in [0.3, 0.4) is 0 Å². The van der Waals surface area contributed by atoms with Crippen LogP contribution in [0.15, 0.2) is 47.4 Å². The number of ether oxygens (including phenoxy) is 1. The third kappa shape index (κ3) is 4.69. The van der Waals surface area contributed by atoms with Gasteiger partial charge in [0.2, 0.25) is 9.84 Å². The summed E-state index contributed by atoms with van der Waals surface area (Å²) in [6, 6.07) is 8.57.